The minimum atomic E-state index is -0.578. The van der Waals surface area contributed by atoms with Gasteiger partial charge in [-0.05, 0) is 43.5 Å². The fraction of sp³-hybridized carbons (Fsp3) is 0.600. The van der Waals surface area contributed by atoms with E-state index in [4.69, 9.17) is 10.5 Å². The molecule has 2 atom stereocenters. The summed E-state index contributed by atoms with van der Waals surface area (Å²) < 4.78 is 5.40. The second-order valence-electron chi connectivity index (χ2n) is 5.29. The zero-order valence-electron chi connectivity index (χ0n) is 12.0. The monoisotopic (exact) mass is 251 g/mol. The van der Waals surface area contributed by atoms with Gasteiger partial charge in [-0.15, -0.1) is 0 Å². The molecule has 0 bridgehead atoms. The SMILES string of the molecule is COc1cc(C)cc(C)c1C(O)C(CN)C(C)C. The maximum atomic E-state index is 10.6. The van der Waals surface area contributed by atoms with Crippen LogP contribution in [0.25, 0.3) is 0 Å². The first kappa shape index (κ1) is 15.0. The smallest absolute Gasteiger partial charge is 0.125 e. The van der Waals surface area contributed by atoms with Crippen LogP contribution < -0.4 is 10.5 Å². The first-order valence-electron chi connectivity index (χ1n) is 6.45. The van der Waals surface area contributed by atoms with Gasteiger partial charge in [-0.3, -0.25) is 0 Å². The Kier molecular flexibility index (Phi) is 5.17. The number of nitrogens with two attached hydrogens (primary N) is 1. The van der Waals surface area contributed by atoms with Gasteiger partial charge in [-0.1, -0.05) is 19.9 Å². The summed E-state index contributed by atoms with van der Waals surface area (Å²) in [6, 6.07) is 4.02. The van der Waals surface area contributed by atoms with Gasteiger partial charge >= 0.3 is 0 Å². The average Bonchev–Trinajstić information content (AvgIpc) is 2.27. The van der Waals surface area contributed by atoms with Crippen LogP contribution in [0.5, 0.6) is 5.75 Å². The fourth-order valence-electron chi connectivity index (χ4n) is 2.47. The lowest BCUT2D eigenvalue weighted by Crippen LogP contribution is -2.27. The summed E-state index contributed by atoms with van der Waals surface area (Å²) in [6.07, 6.45) is -0.578. The van der Waals surface area contributed by atoms with E-state index < -0.39 is 6.10 Å². The van der Waals surface area contributed by atoms with Crippen molar-refractivity contribution in [1.82, 2.24) is 0 Å². The van der Waals surface area contributed by atoms with Gasteiger partial charge in [-0.25, -0.2) is 0 Å². The normalized spacial score (nSPS) is 14.7. The van der Waals surface area contributed by atoms with Crippen LogP contribution in [0.1, 0.15) is 36.6 Å². The van der Waals surface area contributed by atoms with Crippen molar-refractivity contribution in [3.8, 4) is 5.75 Å². The summed E-state index contributed by atoms with van der Waals surface area (Å²) in [7, 11) is 1.64. The average molecular weight is 251 g/mol. The number of methoxy groups -OCH3 is 1. The molecule has 0 aliphatic rings. The molecule has 2 unspecified atom stereocenters. The second-order valence-corrected chi connectivity index (χ2v) is 5.29. The Morgan fingerprint density at radius 1 is 1.28 bits per heavy atom. The molecular weight excluding hydrogens is 226 g/mol. The van der Waals surface area contributed by atoms with Crippen LogP contribution >= 0.6 is 0 Å². The minimum Gasteiger partial charge on any atom is -0.496 e. The van der Waals surface area contributed by atoms with Gasteiger partial charge in [0.25, 0.3) is 0 Å². The maximum absolute atomic E-state index is 10.6. The zero-order chi connectivity index (χ0) is 13.9. The fourth-order valence-corrected chi connectivity index (χ4v) is 2.47. The summed E-state index contributed by atoms with van der Waals surface area (Å²) in [6.45, 7) is 8.65. The van der Waals surface area contributed by atoms with Crippen molar-refractivity contribution in [3.63, 3.8) is 0 Å². The molecule has 0 aromatic heterocycles. The highest BCUT2D eigenvalue weighted by atomic mass is 16.5. The molecule has 1 aromatic rings. The van der Waals surface area contributed by atoms with Crippen molar-refractivity contribution in [2.24, 2.45) is 17.6 Å². The van der Waals surface area contributed by atoms with E-state index in [0.717, 1.165) is 22.4 Å². The molecule has 0 aliphatic carbocycles. The molecule has 0 spiro atoms. The molecule has 0 aliphatic heterocycles. The van der Waals surface area contributed by atoms with Crippen molar-refractivity contribution in [1.29, 1.82) is 0 Å². The van der Waals surface area contributed by atoms with E-state index in [9.17, 15) is 5.11 Å². The Morgan fingerprint density at radius 3 is 2.33 bits per heavy atom. The summed E-state index contributed by atoms with van der Waals surface area (Å²) >= 11 is 0. The van der Waals surface area contributed by atoms with E-state index in [1.807, 2.05) is 19.9 Å². The van der Waals surface area contributed by atoms with E-state index in [-0.39, 0.29) is 5.92 Å². The number of hydrogen-bond acceptors (Lipinski definition) is 3. The lowest BCUT2D eigenvalue weighted by Gasteiger charge is -2.28. The quantitative estimate of drug-likeness (QED) is 0.845. The minimum absolute atomic E-state index is 0.0420. The van der Waals surface area contributed by atoms with Gasteiger partial charge in [0.2, 0.25) is 0 Å². The zero-order valence-corrected chi connectivity index (χ0v) is 12.0. The number of aryl methyl sites for hydroxylation is 2. The summed E-state index contributed by atoms with van der Waals surface area (Å²) in [5, 5.41) is 10.6. The number of ether oxygens (including phenoxy) is 1. The lowest BCUT2D eigenvalue weighted by atomic mass is 9.84. The number of aliphatic hydroxyl groups is 1. The highest BCUT2D eigenvalue weighted by molar-refractivity contribution is 5.44. The molecule has 0 saturated carbocycles. The van der Waals surface area contributed by atoms with Crippen molar-refractivity contribution in [2.45, 2.75) is 33.8 Å². The Morgan fingerprint density at radius 2 is 1.89 bits per heavy atom. The molecular formula is C15H25NO2. The number of aliphatic hydroxyl groups excluding tert-OH is 1. The second kappa shape index (κ2) is 6.21. The third kappa shape index (κ3) is 3.03. The molecule has 102 valence electrons. The van der Waals surface area contributed by atoms with Crippen LogP contribution in [0, 0.1) is 25.7 Å². The van der Waals surface area contributed by atoms with Crippen LogP contribution in [0.2, 0.25) is 0 Å². The van der Waals surface area contributed by atoms with Crippen LogP contribution in [-0.2, 0) is 0 Å². The predicted octanol–water partition coefficient (Wildman–Crippen LogP) is 2.58. The third-order valence-electron chi connectivity index (χ3n) is 3.54. The van der Waals surface area contributed by atoms with E-state index in [2.05, 4.69) is 19.9 Å². The van der Waals surface area contributed by atoms with E-state index >= 15 is 0 Å². The Bertz CT molecular complexity index is 402. The van der Waals surface area contributed by atoms with Crippen LogP contribution in [0.4, 0.5) is 0 Å². The third-order valence-corrected chi connectivity index (χ3v) is 3.54. The Balaban J connectivity index is 3.22. The van der Waals surface area contributed by atoms with Crippen LogP contribution in [-0.4, -0.2) is 18.8 Å². The van der Waals surface area contributed by atoms with Crippen molar-refractivity contribution < 1.29 is 9.84 Å². The molecule has 3 N–H and O–H groups in total. The van der Waals surface area contributed by atoms with Gasteiger partial charge < -0.3 is 15.6 Å². The van der Waals surface area contributed by atoms with Gasteiger partial charge in [0.1, 0.15) is 5.75 Å². The number of hydrogen-bond donors (Lipinski definition) is 2. The highest BCUT2D eigenvalue weighted by Gasteiger charge is 2.26. The van der Waals surface area contributed by atoms with Crippen molar-refractivity contribution in [3.05, 3.63) is 28.8 Å². The van der Waals surface area contributed by atoms with Crippen LogP contribution in [0.15, 0.2) is 12.1 Å². The topological polar surface area (TPSA) is 55.5 Å². The Labute approximate surface area is 110 Å². The van der Waals surface area contributed by atoms with Crippen LogP contribution in [0.3, 0.4) is 0 Å². The number of rotatable bonds is 5. The van der Waals surface area contributed by atoms with E-state index in [0.29, 0.717) is 12.5 Å². The largest absolute Gasteiger partial charge is 0.496 e. The summed E-state index contributed by atoms with van der Waals surface area (Å²) in [5.74, 6) is 1.12. The molecule has 1 aromatic carbocycles. The predicted molar refractivity (Wildman–Crippen MR) is 74.8 cm³/mol. The summed E-state index contributed by atoms with van der Waals surface area (Å²) in [4.78, 5) is 0. The number of benzene rings is 1. The molecule has 0 saturated heterocycles. The highest BCUT2D eigenvalue weighted by Crippen LogP contribution is 2.36. The Hall–Kier alpha value is -1.06. The van der Waals surface area contributed by atoms with Gasteiger partial charge in [0.15, 0.2) is 0 Å². The van der Waals surface area contributed by atoms with Crippen molar-refractivity contribution in [2.75, 3.05) is 13.7 Å². The molecule has 0 amide bonds. The molecule has 18 heavy (non-hydrogen) atoms. The summed E-state index contributed by atoms with van der Waals surface area (Å²) in [5.41, 5.74) is 8.84. The first-order chi connectivity index (χ1) is 8.42. The van der Waals surface area contributed by atoms with Gasteiger partial charge in [0.05, 0.1) is 13.2 Å². The molecule has 3 heteroatoms. The first-order valence-corrected chi connectivity index (χ1v) is 6.45. The maximum Gasteiger partial charge on any atom is 0.125 e. The molecule has 0 fully saturated rings. The standard InChI is InChI=1S/C15H25NO2/c1-9(2)12(8-16)15(17)14-11(4)6-10(3)7-13(14)18-5/h6-7,9,12,15,17H,8,16H2,1-5H3. The molecule has 3 nitrogen and oxygen atoms in total. The van der Waals surface area contributed by atoms with Gasteiger partial charge in [0, 0.05) is 11.5 Å². The van der Waals surface area contributed by atoms with E-state index in [1.54, 1.807) is 7.11 Å². The molecule has 0 heterocycles. The van der Waals surface area contributed by atoms with Crippen molar-refractivity contribution >= 4 is 0 Å². The molecule has 1 rings (SSSR count). The van der Waals surface area contributed by atoms with E-state index in [1.165, 1.54) is 0 Å². The van der Waals surface area contributed by atoms with Gasteiger partial charge in [-0.2, -0.15) is 0 Å². The lowest BCUT2D eigenvalue weighted by molar-refractivity contribution is 0.0831. The molecule has 0 radical (unpaired) electrons.